The molecule has 13 nitrogen and oxygen atoms in total. The van der Waals surface area contributed by atoms with Crippen LogP contribution in [0.15, 0.2) is 36.5 Å². The van der Waals surface area contributed by atoms with Gasteiger partial charge in [-0.05, 0) is 57.8 Å². The van der Waals surface area contributed by atoms with Crippen molar-refractivity contribution in [2.45, 2.75) is 186 Å². The third kappa shape index (κ3) is 24.7. The van der Waals surface area contributed by atoms with Gasteiger partial charge in [0.25, 0.3) is 0 Å². The molecule has 1 saturated heterocycles. The highest BCUT2D eigenvalue weighted by molar-refractivity contribution is 7.47. The van der Waals surface area contributed by atoms with E-state index in [1.165, 1.54) is 44.9 Å². The molecule has 2 aliphatic rings. The molecule has 1 aliphatic carbocycles. The number of carbonyl (C=O) groups excluding carboxylic acids is 2. The molecular formula is C43H76NO12P. The minimum absolute atomic E-state index is 0.00276. The van der Waals surface area contributed by atoms with Crippen LogP contribution in [-0.4, -0.2) is 72.9 Å². The third-order valence-electron chi connectivity index (χ3n) is 10.4. The van der Waals surface area contributed by atoms with Crippen molar-refractivity contribution in [2.24, 2.45) is 17.6 Å². The number of fused-ring (bicyclic) bond motifs is 2. The molecular weight excluding hydrogens is 753 g/mol. The van der Waals surface area contributed by atoms with E-state index in [4.69, 9.17) is 34.0 Å². The van der Waals surface area contributed by atoms with E-state index in [-0.39, 0.29) is 62.7 Å². The van der Waals surface area contributed by atoms with Crippen LogP contribution < -0.4 is 5.73 Å². The fourth-order valence-corrected chi connectivity index (χ4v) is 7.89. The number of rotatable bonds is 37. The Morgan fingerprint density at radius 1 is 0.772 bits per heavy atom. The number of allylic oxidation sites excluding steroid dienone is 4. The van der Waals surface area contributed by atoms with E-state index in [9.17, 15) is 24.3 Å². The minimum Gasteiger partial charge on any atom is -0.462 e. The highest BCUT2D eigenvalue weighted by Crippen LogP contribution is 2.45. The van der Waals surface area contributed by atoms with E-state index in [2.05, 4.69) is 43.0 Å². The summed E-state index contributed by atoms with van der Waals surface area (Å²) < 4.78 is 32.9. The second-order valence-electron chi connectivity index (χ2n) is 15.4. The summed E-state index contributed by atoms with van der Waals surface area (Å²) in [5.41, 5.74) is 5.35. The first-order chi connectivity index (χ1) is 27.7. The second kappa shape index (κ2) is 32.9. The minimum atomic E-state index is -4.43. The molecule has 0 amide bonds. The van der Waals surface area contributed by atoms with Crippen LogP contribution in [-0.2, 0) is 47.3 Å². The predicted molar refractivity (Wildman–Crippen MR) is 221 cm³/mol. The molecule has 7 unspecified atom stereocenters. The molecule has 0 radical (unpaired) electrons. The predicted octanol–water partition coefficient (Wildman–Crippen LogP) is 10.0. The summed E-state index contributed by atoms with van der Waals surface area (Å²) >= 11 is 0. The summed E-state index contributed by atoms with van der Waals surface area (Å²) in [5, 5.41) is 9.33. The average Bonchev–Trinajstić information content (AvgIpc) is 3.81. The van der Waals surface area contributed by atoms with E-state index >= 15 is 0 Å². The largest absolute Gasteiger partial charge is 0.472 e. The number of hydrogen-bond acceptors (Lipinski definition) is 12. The van der Waals surface area contributed by atoms with Gasteiger partial charge in [0, 0.05) is 37.6 Å². The maximum atomic E-state index is 12.7. The lowest BCUT2D eigenvalue weighted by molar-refractivity contribution is -0.336. The Morgan fingerprint density at radius 2 is 1.39 bits per heavy atom. The summed E-state index contributed by atoms with van der Waals surface area (Å²) in [4.78, 5) is 50.8. The zero-order valence-electron chi connectivity index (χ0n) is 35.0. The second-order valence-corrected chi connectivity index (χ2v) is 16.8. The van der Waals surface area contributed by atoms with Crippen LogP contribution in [0.1, 0.15) is 162 Å². The Morgan fingerprint density at radius 3 is 2.09 bits per heavy atom. The van der Waals surface area contributed by atoms with Gasteiger partial charge >= 0.3 is 19.8 Å². The SMILES string of the molecule is CCCCCCCC/C=C\CCCCCCCC(=O)OCC(COP(=O)(O)OCCN)OC(=O)CCC/C=C\CC1C2CC(OO2)C1/C=C/C(CCCCC)OO. The highest BCUT2D eigenvalue weighted by Gasteiger charge is 2.49. The van der Waals surface area contributed by atoms with Crippen molar-refractivity contribution < 1.29 is 57.5 Å². The number of unbranched alkanes of at least 4 members (excludes halogenated alkanes) is 14. The monoisotopic (exact) mass is 830 g/mol. The number of phosphoric ester groups is 1. The lowest BCUT2D eigenvalue weighted by atomic mass is 9.89. The van der Waals surface area contributed by atoms with Gasteiger partial charge in [0.15, 0.2) is 6.10 Å². The van der Waals surface area contributed by atoms with Crippen LogP contribution in [0.2, 0.25) is 0 Å². The van der Waals surface area contributed by atoms with Gasteiger partial charge < -0.3 is 20.1 Å². The number of phosphoric acid groups is 1. The molecule has 57 heavy (non-hydrogen) atoms. The van der Waals surface area contributed by atoms with Gasteiger partial charge in [0.05, 0.1) is 19.3 Å². The average molecular weight is 830 g/mol. The fourth-order valence-electron chi connectivity index (χ4n) is 7.13. The van der Waals surface area contributed by atoms with E-state index < -0.39 is 32.5 Å². The zero-order chi connectivity index (χ0) is 41.4. The number of nitrogens with two attached hydrogens (primary N) is 1. The van der Waals surface area contributed by atoms with Crippen molar-refractivity contribution in [1.82, 2.24) is 0 Å². The molecule has 0 aromatic carbocycles. The van der Waals surface area contributed by atoms with Gasteiger partial charge in [-0.15, -0.1) is 0 Å². The molecule has 0 aromatic rings. The Bertz CT molecular complexity index is 1180. The highest BCUT2D eigenvalue weighted by atomic mass is 31.2. The van der Waals surface area contributed by atoms with Crippen molar-refractivity contribution in [2.75, 3.05) is 26.4 Å². The molecule has 1 aliphatic heterocycles. The molecule has 2 bridgehead atoms. The lowest BCUT2D eigenvalue weighted by Crippen LogP contribution is -2.29. The molecule has 0 spiro atoms. The van der Waals surface area contributed by atoms with E-state index in [1.807, 2.05) is 12.2 Å². The summed E-state index contributed by atoms with van der Waals surface area (Å²) in [5.74, 6) is -0.585. The number of esters is 2. The fraction of sp³-hybridized carbons (Fsp3) is 0.814. The number of carbonyl (C=O) groups is 2. The first-order valence-corrected chi connectivity index (χ1v) is 23.5. The van der Waals surface area contributed by atoms with Gasteiger partial charge in [-0.3, -0.25) is 23.9 Å². The number of ether oxygens (including phenoxy) is 2. The molecule has 1 saturated carbocycles. The first-order valence-electron chi connectivity index (χ1n) is 22.0. The maximum absolute atomic E-state index is 12.7. The Labute approximate surface area is 342 Å². The third-order valence-corrected chi connectivity index (χ3v) is 11.4. The van der Waals surface area contributed by atoms with Crippen LogP contribution in [0.25, 0.3) is 0 Å². The first kappa shape index (κ1) is 51.2. The topological polar surface area (TPSA) is 182 Å². The summed E-state index contributed by atoms with van der Waals surface area (Å²) in [6.07, 6.45) is 33.4. The smallest absolute Gasteiger partial charge is 0.462 e. The molecule has 2 rings (SSSR count). The lowest BCUT2D eigenvalue weighted by Gasteiger charge is -2.27. The van der Waals surface area contributed by atoms with Gasteiger partial charge in [-0.2, -0.15) is 0 Å². The Hall–Kier alpha value is -1.93. The molecule has 14 heteroatoms. The molecule has 4 N–H and O–H groups in total. The normalized spacial score (nSPS) is 21.5. The maximum Gasteiger partial charge on any atom is 0.472 e. The Kier molecular flexibility index (Phi) is 29.5. The molecule has 1 heterocycles. The van der Waals surface area contributed by atoms with Crippen LogP contribution in [0.3, 0.4) is 0 Å². The van der Waals surface area contributed by atoms with Crippen molar-refractivity contribution in [3.8, 4) is 0 Å². The summed E-state index contributed by atoms with van der Waals surface area (Å²) in [6.45, 7) is 3.42. The van der Waals surface area contributed by atoms with E-state index in [1.54, 1.807) is 0 Å². The van der Waals surface area contributed by atoms with Gasteiger partial charge in [-0.1, -0.05) is 121 Å². The molecule has 2 fully saturated rings. The van der Waals surface area contributed by atoms with Gasteiger partial charge in [0.1, 0.15) is 18.8 Å². The van der Waals surface area contributed by atoms with Crippen LogP contribution in [0, 0.1) is 11.8 Å². The standard InChI is InChI=1S/C43H76NO12P/c1-3-5-7-8-9-10-11-12-13-14-15-16-17-18-23-27-42(45)50-34-37(35-52-57(48,49)51-32-31-44)53-43(46)28-24-20-19-22-26-38-39(41-33-40(38)55-56-41)30-29-36(54-47)25-21-6-4-2/h12-13,19,22,29-30,36-41,47H,3-11,14-18,20-21,23-28,31-35,44H2,1-2H3,(H,48,49)/b13-12-,22-19-,30-29+. The molecule has 330 valence electrons. The van der Waals surface area contributed by atoms with Crippen molar-refractivity contribution in [3.63, 3.8) is 0 Å². The Balaban J connectivity index is 1.69. The van der Waals surface area contributed by atoms with Crippen LogP contribution >= 0.6 is 7.82 Å². The van der Waals surface area contributed by atoms with Crippen molar-refractivity contribution in [1.29, 1.82) is 0 Å². The molecule has 0 aromatic heterocycles. The number of hydrogen-bond donors (Lipinski definition) is 3. The van der Waals surface area contributed by atoms with Gasteiger partial charge in [0.2, 0.25) is 0 Å². The van der Waals surface area contributed by atoms with Gasteiger partial charge in [-0.25, -0.2) is 19.2 Å². The van der Waals surface area contributed by atoms with Crippen LogP contribution in [0.4, 0.5) is 0 Å². The van der Waals surface area contributed by atoms with E-state index in [0.717, 1.165) is 70.6 Å². The summed E-state index contributed by atoms with van der Waals surface area (Å²) in [6, 6.07) is 0. The van der Waals surface area contributed by atoms with Crippen LogP contribution in [0.5, 0.6) is 0 Å². The quantitative estimate of drug-likeness (QED) is 0.0134. The molecule has 7 atom stereocenters. The van der Waals surface area contributed by atoms with Crippen molar-refractivity contribution in [3.05, 3.63) is 36.5 Å². The van der Waals surface area contributed by atoms with E-state index in [0.29, 0.717) is 19.3 Å². The zero-order valence-corrected chi connectivity index (χ0v) is 35.9. The summed E-state index contributed by atoms with van der Waals surface area (Å²) in [7, 11) is -4.43. The van der Waals surface area contributed by atoms with Crippen molar-refractivity contribution >= 4 is 19.8 Å².